The Labute approximate surface area is 227 Å². The molecule has 2 heterocycles. The van der Waals surface area contributed by atoms with Gasteiger partial charge in [-0.2, -0.15) is 0 Å². The molecule has 1 aliphatic heterocycles. The number of nitrogens with zero attached hydrogens (tertiary/aromatic N) is 2. The van der Waals surface area contributed by atoms with E-state index >= 15 is 0 Å². The van der Waals surface area contributed by atoms with Crippen molar-refractivity contribution in [3.05, 3.63) is 126 Å². The van der Waals surface area contributed by atoms with E-state index in [0.717, 1.165) is 45.6 Å². The highest BCUT2D eigenvalue weighted by Gasteiger charge is 2.54. The average Bonchev–Trinajstić information content (AvgIpc) is 3.40. The first-order valence-corrected chi connectivity index (χ1v) is 13.1. The number of hydrogen-bond acceptors (Lipinski definition) is 4. The summed E-state index contributed by atoms with van der Waals surface area (Å²) in [7, 11) is 0. The van der Waals surface area contributed by atoms with Crippen molar-refractivity contribution >= 4 is 39.8 Å². The van der Waals surface area contributed by atoms with Crippen LogP contribution in [0.15, 0.2) is 103 Å². The molecule has 1 aliphatic rings. The number of cyclic esters (lactones) is 1. The molecule has 1 unspecified atom stereocenters. The number of hydrogen-bond donors (Lipinski definition) is 1. The number of benzene rings is 4. The molecule has 1 atom stereocenters. The smallest absolute Gasteiger partial charge is 0.341 e. The van der Waals surface area contributed by atoms with Crippen LogP contribution in [0.1, 0.15) is 41.0 Å². The molecule has 4 aromatic carbocycles. The van der Waals surface area contributed by atoms with Crippen molar-refractivity contribution in [3.63, 3.8) is 0 Å². The van der Waals surface area contributed by atoms with Gasteiger partial charge in [-0.1, -0.05) is 54.6 Å². The number of nitrogens with one attached hydrogen (secondary N) is 1. The topological polar surface area (TPSA) is 63.6 Å². The van der Waals surface area contributed by atoms with Crippen LogP contribution in [-0.4, -0.2) is 16.4 Å². The Hall–Kier alpha value is -4.84. The average molecular weight is 516 g/mol. The summed E-state index contributed by atoms with van der Waals surface area (Å²) in [5.74, 6) is -0.505. The first-order chi connectivity index (χ1) is 19.0. The SMILES string of the molecule is CCn1c(C)c(C2(N(c3ccccc3)c3ccc(NC(C)=O)cc3)OC(=O)c3ccccc32)c2ccccc21. The summed E-state index contributed by atoms with van der Waals surface area (Å²) in [6.07, 6.45) is 0. The van der Waals surface area contributed by atoms with Crippen LogP contribution in [0.5, 0.6) is 0 Å². The van der Waals surface area contributed by atoms with E-state index in [0.29, 0.717) is 11.3 Å². The van der Waals surface area contributed by atoms with Crippen LogP contribution in [0.25, 0.3) is 10.9 Å². The van der Waals surface area contributed by atoms with Crippen molar-refractivity contribution in [1.82, 2.24) is 4.57 Å². The van der Waals surface area contributed by atoms with E-state index in [9.17, 15) is 9.59 Å². The van der Waals surface area contributed by atoms with E-state index in [4.69, 9.17) is 4.74 Å². The van der Waals surface area contributed by atoms with Gasteiger partial charge in [0, 0.05) is 52.7 Å². The quantitative estimate of drug-likeness (QED) is 0.244. The van der Waals surface area contributed by atoms with Gasteiger partial charge in [-0.05, 0) is 62.4 Å². The lowest BCUT2D eigenvalue weighted by atomic mass is 9.88. The van der Waals surface area contributed by atoms with Gasteiger partial charge in [-0.15, -0.1) is 0 Å². The summed E-state index contributed by atoms with van der Waals surface area (Å²) in [6.45, 7) is 6.48. The minimum Gasteiger partial charge on any atom is -0.426 e. The van der Waals surface area contributed by atoms with Gasteiger partial charge in [0.2, 0.25) is 11.6 Å². The Balaban J connectivity index is 1.72. The number of amides is 1. The maximum absolute atomic E-state index is 13.6. The number of esters is 1. The van der Waals surface area contributed by atoms with Crippen molar-refractivity contribution in [3.8, 4) is 0 Å². The number of anilines is 3. The van der Waals surface area contributed by atoms with E-state index in [1.165, 1.54) is 6.92 Å². The summed E-state index contributed by atoms with van der Waals surface area (Å²) >= 11 is 0. The summed E-state index contributed by atoms with van der Waals surface area (Å²) in [5.41, 5.74) is 5.45. The van der Waals surface area contributed by atoms with Crippen molar-refractivity contribution in [2.45, 2.75) is 33.0 Å². The van der Waals surface area contributed by atoms with Gasteiger partial charge in [-0.3, -0.25) is 9.69 Å². The molecule has 1 N–H and O–H groups in total. The third-order valence-corrected chi connectivity index (χ3v) is 7.41. The first-order valence-electron chi connectivity index (χ1n) is 13.1. The van der Waals surface area contributed by atoms with Crippen molar-refractivity contribution in [1.29, 1.82) is 0 Å². The minimum absolute atomic E-state index is 0.138. The van der Waals surface area contributed by atoms with E-state index < -0.39 is 5.72 Å². The number of aryl methyl sites for hydroxylation is 1. The predicted molar refractivity (Wildman–Crippen MR) is 154 cm³/mol. The lowest BCUT2D eigenvalue weighted by Gasteiger charge is -2.42. The number of carbonyl (C=O) groups excluding carboxylic acids is 2. The molecule has 0 fully saturated rings. The van der Waals surface area contributed by atoms with E-state index in [-0.39, 0.29) is 11.9 Å². The molecule has 6 heteroatoms. The molecule has 0 aliphatic carbocycles. The molecule has 1 aromatic heterocycles. The molecule has 6 rings (SSSR count). The van der Waals surface area contributed by atoms with Crippen molar-refractivity contribution in [2.75, 3.05) is 10.2 Å². The van der Waals surface area contributed by atoms with Crippen LogP contribution in [0, 0.1) is 6.92 Å². The van der Waals surface area contributed by atoms with Crippen molar-refractivity contribution < 1.29 is 14.3 Å². The fraction of sp³-hybridized carbons (Fsp3) is 0.152. The molecule has 0 bridgehead atoms. The molecule has 0 saturated carbocycles. The van der Waals surface area contributed by atoms with Crippen LogP contribution in [-0.2, 0) is 21.8 Å². The fourth-order valence-corrected chi connectivity index (χ4v) is 5.92. The normalized spacial score (nSPS) is 16.1. The Morgan fingerprint density at radius 1 is 0.872 bits per heavy atom. The summed E-state index contributed by atoms with van der Waals surface area (Å²) in [5, 5.41) is 3.87. The fourth-order valence-electron chi connectivity index (χ4n) is 5.92. The van der Waals surface area contributed by atoms with E-state index in [2.05, 4.69) is 40.8 Å². The molecule has 0 saturated heterocycles. The molecule has 0 spiro atoms. The van der Waals surface area contributed by atoms with Gasteiger partial charge in [0.25, 0.3) is 0 Å². The highest BCUT2D eigenvalue weighted by Crippen LogP contribution is 2.53. The number of fused-ring (bicyclic) bond motifs is 2. The molecule has 194 valence electrons. The Kier molecular flexibility index (Phi) is 5.95. The lowest BCUT2D eigenvalue weighted by Crippen LogP contribution is -2.45. The molecular weight excluding hydrogens is 486 g/mol. The Morgan fingerprint density at radius 2 is 1.51 bits per heavy atom. The zero-order valence-corrected chi connectivity index (χ0v) is 22.1. The second-order valence-corrected chi connectivity index (χ2v) is 9.70. The van der Waals surface area contributed by atoms with Gasteiger partial charge in [0.15, 0.2) is 0 Å². The number of carbonyl (C=O) groups is 2. The minimum atomic E-state index is -1.28. The molecule has 0 radical (unpaired) electrons. The molecule has 5 aromatic rings. The van der Waals surface area contributed by atoms with Crippen molar-refractivity contribution in [2.24, 2.45) is 0 Å². The summed E-state index contributed by atoms with van der Waals surface area (Å²) < 4.78 is 8.89. The van der Waals surface area contributed by atoms with Gasteiger partial charge in [0.05, 0.1) is 11.1 Å². The second kappa shape index (κ2) is 9.48. The van der Waals surface area contributed by atoms with E-state index in [1.807, 2.05) is 91.0 Å². The zero-order valence-electron chi connectivity index (χ0n) is 22.1. The summed E-state index contributed by atoms with van der Waals surface area (Å²) in [4.78, 5) is 27.4. The number of aromatic nitrogens is 1. The number of para-hydroxylation sites is 2. The molecule has 6 nitrogen and oxygen atoms in total. The highest BCUT2D eigenvalue weighted by molar-refractivity contribution is 5.99. The monoisotopic (exact) mass is 515 g/mol. The predicted octanol–water partition coefficient (Wildman–Crippen LogP) is 7.14. The van der Waals surface area contributed by atoms with Gasteiger partial charge in [-0.25, -0.2) is 4.79 Å². The largest absolute Gasteiger partial charge is 0.426 e. The number of ether oxygens (including phenoxy) is 1. The van der Waals surface area contributed by atoms with Gasteiger partial charge >= 0.3 is 5.97 Å². The Bertz CT molecular complexity index is 1710. The number of rotatable bonds is 6. The standard InChI is InChI=1S/C33H29N3O3/c1-4-35-22(2)31(28-15-9-11-17-30(28)35)33(29-16-10-8-14-27(29)32(38)39-33)36(25-12-6-5-7-13-25)26-20-18-24(19-21-26)34-23(3)37/h5-21H,4H2,1-3H3,(H,34,37). The molecule has 1 amide bonds. The molecule has 39 heavy (non-hydrogen) atoms. The lowest BCUT2D eigenvalue weighted by molar-refractivity contribution is -0.114. The van der Waals surface area contributed by atoms with Crippen LogP contribution in [0.4, 0.5) is 17.1 Å². The van der Waals surface area contributed by atoms with Gasteiger partial charge < -0.3 is 14.6 Å². The highest BCUT2D eigenvalue weighted by atomic mass is 16.6. The van der Waals surface area contributed by atoms with Crippen LogP contribution in [0.3, 0.4) is 0 Å². The third-order valence-electron chi connectivity index (χ3n) is 7.41. The van der Waals surface area contributed by atoms with Crippen LogP contribution in [0.2, 0.25) is 0 Å². The van der Waals surface area contributed by atoms with Gasteiger partial charge in [0.1, 0.15) is 0 Å². The maximum atomic E-state index is 13.6. The molecular formula is C33H29N3O3. The Morgan fingerprint density at radius 3 is 2.23 bits per heavy atom. The second-order valence-electron chi connectivity index (χ2n) is 9.70. The van der Waals surface area contributed by atoms with Crippen LogP contribution >= 0.6 is 0 Å². The zero-order chi connectivity index (χ0) is 27.1. The first kappa shape index (κ1) is 24.5. The van der Waals surface area contributed by atoms with Crippen LogP contribution < -0.4 is 10.2 Å². The van der Waals surface area contributed by atoms with E-state index in [1.54, 1.807) is 0 Å². The third kappa shape index (κ3) is 3.79. The maximum Gasteiger partial charge on any atom is 0.341 e. The summed E-state index contributed by atoms with van der Waals surface area (Å²) in [6, 6.07) is 33.5.